The van der Waals surface area contributed by atoms with Crippen molar-refractivity contribution in [2.24, 2.45) is 11.5 Å². The lowest BCUT2D eigenvalue weighted by atomic mass is 9.97. The first-order valence-electron chi connectivity index (χ1n) is 6.69. The minimum absolute atomic E-state index is 0.371. The highest BCUT2D eigenvalue weighted by Gasteiger charge is 2.25. The normalized spacial score (nSPS) is 19.5. The van der Waals surface area contributed by atoms with E-state index in [4.69, 9.17) is 23.1 Å². The summed E-state index contributed by atoms with van der Waals surface area (Å²) < 4.78 is 0. The van der Waals surface area contributed by atoms with Crippen molar-refractivity contribution in [3.05, 3.63) is 28.8 Å². The van der Waals surface area contributed by atoms with Crippen LogP contribution in [-0.2, 0) is 0 Å². The average Bonchev–Trinajstić information content (AvgIpc) is 2.39. The number of halogens is 1. The first-order chi connectivity index (χ1) is 9.13. The number of anilines is 1. The minimum atomic E-state index is -0.413. The predicted octanol–water partition coefficient (Wildman–Crippen LogP) is 2.15. The fraction of sp³-hybridized carbons (Fsp3) is 0.500. The maximum Gasteiger partial charge on any atom is 0.250 e. The topological polar surface area (TPSA) is 72.3 Å². The molecule has 104 valence electrons. The van der Waals surface area contributed by atoms with Crippen molar-refractivity contribution >= 4 is 23.2 Å². The molecule has 0 aliphatic carbocycles. The molecule has 0 saturated carbocycles. The van der Waals surface area contributed by atoms with E-state index in [0.717, 1.165) is 31.5 Å². The molecule has 1 aromatic rings. The highest BCUT2D eigenvalue weighted by molar-refractivity contribution is 6.31. The third-order valence-corrected chi connectivity index (χ3v) is 3.90. The Bertz CT molecular complexity index is 462. The number of piperidine rings is 1. The standard InChI is InChI=1S/C14H20ClN3O/c15-10-4-5-12(14(17)19)13(9-10)18-8-2-1-3-11(18)6-7-16/h4-5,9,11H,1-3,6-8,16H2,(H2,17,19). The van der Waals surface area contributed by atoms with Crippen molar-refractivity contribution in [2.75, 3.05) is 18.0 Å². The molecule has 1 heterocycles. The lowest BCUT2D eigenvalue weighted by molar-refractivity contribution is 0.100. The second-order valence-electron chi connectivity index (χ2n) is 4.95. The summed E-state index contributed by atoms with van der Waals surface area (Å²) >= 11 is 6.06. The van der Waals surface area contributed by atoms with Gasteiger partial charge in [0.15, 0.2) is 0 Å². The molecular formula is C14H20ClN3O. The van der Waals surface area contributed by atoms with Gasteiger partial charge in [-0.1, -0.05) is 11.6 Å². The monoisotopic (exact) mass is 281 g/mol. The van der Waals surface area contributed by atoms with Gasteiger partial charge in [-0.25, -0.2) is 0 Å². The summed E-state index contributed by atoms with van der Waals surface area (Å²) in [5, 5.41) is 0.622. The van der Waals surface area contributed by atoms with Gasteiger partial charge in [-0.05, 0) is 50.4 Å². The Labute approximate surface area is 118 Å². The minimum Gasteiger partial charge on any atom is -0.368 e. The zero-order valence-electron chi connectivity index (χ0n) is 10.9. The fourth-order valence-corrected chi connectivity index (χ4v) is 2.93. The summed E-state index contributed by atoms with van der Waals surface area (Å²) in [7, 11) is 0. The number of primary amides is 1. The number of amides is 1. The van der Waals surface area contributed by atoms with Crippen molar-refractivity contribution in [2.45, 2.75) is 31.7 Å². The van der Waals surface area contributed by atoms with Gasteiger partial charge in [-0.3, -0.25) is 4.79 Å². The van der Waals surface area contributed by atoms with Crippen molar-refractivity contribution in [1.82, 2.24) is 0 Å². The number of rotatable bonds is 4. The summed E-state index contributed by atoms with van der Waals surface area (Å²) in [4.78, 5) is 13.8. The molecule has 19 heavy (non-hydrogen) atoms. The number of nitrogens with two attached hydrogens (primary N) is 2. The number of carbonyl (C=O) groups excluding carboxylic acids is 1. The Morgan fingerprint density at radius 2 is 2.21 bits per heavy atom. The van der Waals surface area contributed by atoms with Crippen LogP contribution in [0.3, 0.4) is 0 Å². The zero-order chi connectivity index (χ0) is 13.8. The summed E-state index contributed by atoms with van der Waals surface area (Å²) in [5.41, 5.74) is 12.5. The van der Waals surface area contributed by atoms with Crippen LogP contribution in [0.5, 0.6) is 0 Å². The van der Waals surface area contributed by atoms with Crippen LogP contribution in [0.1, 0.15) is 36.0 Å². The average molecular weight is 282 g/mol. The Hall–Kier alpha value is -1.26. The molecule has 1 saturated heterocycles. The van der Waals surface area contributed by atoms with Crippen LogP contribution < -0.4 is 16.4 Å². The molecule has 1 fully saturated rings. The molecule has 0 spiro atoms. The summed E-state index contributed by atoms with van der Waals surface area (Å²) in [5.74, 6) is -0.413. The van der Waals surface area contributed by atoms with Crippen LogP contribution in [-0.4, -0.2) is 25.0 Å². The number of nitrogens with zero attached hydrogens (tertiary/aromatic N) is 1. The molecule has 0 radical (unpaired) electrons. The molecule has 5 heteroatoms. The number of carbonyl (C=O) groups is 1. The zero-order valence-corrected chi connectivity index (χ0v) is 11.7. The number of hydrogen-bond donors (Lipinski definition) is 2. The van der Waals surface area contributed by atoms with Crippen LogP contribution in [0.2, 0.25) is 5.02 Å². The van der Waals surface area contributed by atoms with E-state index in [9.17, 15) is 4.79 Å². The largest absolute Gasteiger partial charge is 0.368 e. The second kappa shape index (κ2) is 6.26. The van der Waals surface area contributed by atoms with Gasteiger partial charge in [-0.2, -0.15) is 0 Å². The van der Waals surface area contributed by atoms with Crippen molar-refractivity contribution < 1.29 is 4.79 Å². The van der Waals surface area contributed by atoms with Crippen molar-refractivity contribution in [3.63, 3.8) is 0 Å². The third-order valence-electron chi connectivity index (χ3n) is 3.66. The smallest absolute Gasteiger partial charge is 0.250 e. The summed E-state index contributed by atoms with van der Waals surface area (Å²) in [6, 6.07) is 5.60. The van der Waals surface area contributed by atoms with Gasteiger partial charge in [0.1, 0.15) is 0 Å². The lowest BCUT2D eigenvalue weighted by Crippen LogP contribution is -2.41. The Balaban J connectivity index is 2.37. The van der Waals surface area contributed by atoms with Gasteiger partial charge in [0.05, 0.1) is 11.3 Å². The first-order valence-corrected chi connectivity index (χ1v) is 7.07. The van der Waals surface area contributed by atoms with E-state index in [1.54, 1.807) is 12.1 Å². The Morgan fingerprint density at radius 1 is 1.42 bits per heavy atom. The van der Waals surface area contributed by atoms with E-state index in [1.165, 1.54) is 6.42 Å². The van der Waals surface area contributed by atoms with E-state index in [-0.39, 0.29) is 0 Å². The maximum absolute atomic E-state index is 11.6. The molecule has 4 N–H and O–H groups in total. The molecule has 2 rings (SSSR count). The van der Waals surface area contributed by atoms with Gasteiger partial charge < -0.3 is 16.4 Å². The summed E-state index contributed by atoms with van der Waals surface area (Å²) in [6.07, 6.45) is 4.34. The predicted molar refractivity (Wildman–Crippen MR) is 78.6 cm³/mol. The second-order valence-corrected chi connectivity index (χ2v) is 5.38. The molecular weight excluding hydrogens is 262 g/mol. The maximum atomic E-state index is 11.6. The molecule has 1 aliphatic heterocycles. The quantitative estimate of drug-likeness (QED) is 0.888. The Morgan fingerprint density at radius 3 is 2.89 bits per heavy atom. The molecule has 0 aromatic heterocycles. The van der Waals surface area contributed by atoms with Gasteiger partial charge in [-0.15, -0.1) is 0 Å². The highest BCUT2D eigenvalue weighted by Crippen LogP contribution is 2.31. The number of benzene rings is 1. The summed E-state index contributed by atoms with van der Waals surface area (Å²) in [6.45, 7) is 1.57. The van der Waals surface area contributed by atoms with Crippen LogP contribution in [0.15, 0.2) is 18.2 Å². The van der Waals surface area contributed by atoms with Gasteiger partial charge in [0.25, 0.3) is 5.91 Å². The molecule has 1 amide bonds. The highest BCUT2D eigenvalue weighted by atomic mass is 35.5. The van der Waals surface area contributed by atoms with Gasteiger partial charge in [0.2, 0.25) is 0 Å². The van der Waals surface area contributed by atoms with E-state index in [1.807, 2.05) is 6.07 Å². The fourth-order valence-electron chi connectivity index (χ4n) is 2.76. The van der Waals surface area contributed by atoms with Crippen LogP contribution in [0, 0.1) is 0 Å². The van der Waals surface area contributed by atoms with Crippen molar-refractivity contribution in [3.8, 4) is 0 Å². The molecule has 1 unspecified atom stereocenters. The molecule has 1 aromatic carbocycles. The van der Waals surface area contributed by atoms with Gasteiger partial charge in [0, 0.05) is 17.6 Å². The number of hydrogen-bond acceptors (Lipinski definition) is 3. The Kier molecular flexibility index (Phi) is 4.66. The molecule has 0 bridgehead atoms. The molecule has 4 nitrogen and oxygen atoms in total. The molecule has 1 aliphatic rings. The van der Waals surface area contributed by atoms with Crippen molar-refractivity contribution in [1.29, 1.82) is 0 Å². The van der Waals surface area contributed by atoms with Crippen LogP contribution >= 0.6 is 11.6 Å². The van der Waals surface area contributed by atoms with E-state index in [0.29, 0.717) is 23.2 Å². The van der Waals surface area contributed by atoms with E-state index >= 15 is 0 Å². The molecule has 1 atom stereocenters. The SMILES string of the molecule is NCCC1CCCCN1c1cc(Cl)ccc1C(N)=O. The third kappa shape index (κ3) is 3.19. The van der Waals surface area contributed by atoms with E-state index < -0.39 is 5.91 Å². The van der Waals surface area contributed by atoms with E-state index in [2.05, 4.69) is 4.90 Å². The van der Waals surface area contributed by atoms with Gasteiger partial charge >= 0.3 is 0 Å². The van der Waals surface area contributed by atoms with Crippen LogP contribution in [0.25, 0.3) is 0 Å². The van der Waals surface area contributed by atoms with Crippen LogP contribution in [0.4, 0.5) is 5.69 Å². The lowest BCUT2D eigenvalue weighted by Gasteiger charge is -2.38. The first kappa shape index (κ1) is 14.2.